The monoisotopic (exact) mass is 243 g/mol. The van der Waals surface area contributed by atoms with Gasteiger partial charge in [0.05, 0.1) is 28.6 Å². The van der Waals surface area contributed by atoms with Gasteiger partial charge in [0.1, 0.15) is 0 Å². The first kappa shape index (κ1) is 8.29. The van der Waals surface area contributed by atoms with Crippen LogP contribution in [0, 0.1) is 0 Å². The Kier molecular flexibility index (Phi) is 5.62. The zero-order chi connectivity index (χ0) is 6.41. The van der Waals surface area contributed by atoms with Crippen molar-refractivity contribution in [3.63, 3.8) is 0 Å². The molecular formula is C4H6INOS. The van der Waals surface area contributed by atoms with E-state index in [4.69, 9.17) is 0 Å². The predicted octanol–water partition coefficient (Wildman–Crippen LogP) is 0.939. The van der Waals surface area contributed by atoms with Crippen molar-refractivity contribution < 1.29 is 4.79 Å². The molecule has 8 heavy (non-hydrogen) atoms. The molecule has 0 aromatic heterocycles. The minimum absolute atomic E-state index is 0.570. The van der Waals surface area contributed by atoms with E-state index in [2.05, 4.69) is 16.2 Å². The first-order valence-corrected chi connectivity index (χ1v) is 3.69. The fraction of sp³-hybridized carbons (Fsp3) is 0.250. The van der Waals surface area contributed by atoms with Gasteiger partial charge >= 0.3 is 0 Å². The molecule has 0 aromatic carbocycles. The minimum atomic E-state index is 0.570. The second-order valence-electron chi connectivity index (χ2n) is 1.05. The van der Waals surface area contributed by atoms with E-state index in [0.29, 0.717) is 11.4 Å². The summed E-state index contributed by atoms with van der Waals surface area (Å²) in [6.45, 7) is 0. The number of aldehydes is 1. The fourth-order valence-corrected chi connectivity index (χ4v) is 0.751. The van der Waals surface area contributed by atoms with E-state index >= 15 is 0 Å². The van der Waals surface area contributed by atoms with Gasteiger partial charge in [-0.15, -0.1) is 0 Å². The lowest BCUT2D eigenvalue weighted by molar-refractivity contribution is -0.105. The number of hydrogen-bond donors (Lipinski definition) is 2. The van der Waals surface area contributed by atoms with E-state index in [9.17, 15) is 4.79 Å². The van der Waals surface area contributed by atoms with E-state index < -0.39 is 0 Å². The van der Waals surface area contributed by atoms with Crippen molar-refractivity contribution in [1.29, 1.82) is 0 Å². The average molecular weight is 243 g/mol. The van der Waals surface area contributed by atoms with Gasteiger partial charge in [0.15, 0.2) is 6.29 Å². The maximum atomic E-state index is 9.96. The summed E-state index contributed by atoms with van der Waals surface area (Å²) in [6, 6.07) is 0. The van der Waals surface area contributed by atoms with Crippen LogP contribution in [0.5, 0.6) is 0 Å². The first-order chi connectivity index (χ1) is 3.85. The molecule has 0 amide bonds. The van der Waals surface area contributed by atoms with Crippen LogP contribution in [-0.4, -0.2) is 12.0 Å². The molecule has 1 N–H and O–H groups in total. The fourth-order valence-electron chi connectivity index (χ4n) is 0.207. The molecule has 0 rings (SSSR count). The van der Waals surface area contributed by atoms with Gasteiger partial charge in [-0.3, -0.25) is 4.79 Å². The SMILES string of the molecule is O=C/C(=C/CS)NI. The molecule has 0 saturated heterocycles. The number of carbonyl (C=O) groups is 1. The summed E-state index contributed by atoms with van der Waals surface area (Å²) in [5.41, 5.74) is 0.570. The predicted molar refractivity (Wildman–Crippen MR) is 45.2 cm³/mol. The van der Waals surface area contributed by atoms with Gasteiger partial charge < -0.3 is 3.53 Å². The third-order valence-electron chi connectivity index (χ3n) is 0.547. The summed E-state index contributed by atoms with van der Waals surface area (Å²) in [7, 11) is 0. The van der Waals surface area contributed by atoms with Crippen LogP contribution in [0.3, 0.4) is 0 Å². The van der Waals surface area contributed by atoms with Gasteiger partial charge in [-0.05, 0) is 6.08 Å². The molecule has 0 spiro atoms. The molecule has 0 aliphatic carbocycles. The van der Waals surface area contributed by atoms with Gasteiger partial charge in [0, 0.05) is 5.75 Å². The average Bonchev–Trinajstić information content (AvgIpc) is 1.83. The zero-order valence-electron chi connectivity index (χ0n) is 4.10. The topological polar surface area (TPSA) is 29.1 Å². The van der Waals surface area contributed by atoms with Crippen molar-refractivity contribution >= 4 is 41.8 Å². The molecule has 4 heteroatoms. The molecule has 0 aliphatic rings. The van der Waals surface area contributed by atoms with Gasteiger partial charge in [0.2, 0.25) is 0 Å². The van der Waals surface area contributed by atoms with Crippen LogP contribution >= 0.6 is 35.5 Å². The maximum Gasteiger partial charge on any atom is 0.166 e. The number of halogens is 1. The highest BCUT2D eigenvalue weighted by atomic mass is 127. The Morgan fingerprint density at radius 2 is 2.50 bits per heavy atom. The Bertz CT molecular complexity index is 104. The number of allylic oxidation sites excluding steroid dienone is 1. The van der Waals surface area contributed by atoms with E-state index in [1.54, 1.807) is 6.08 Å². The van der Waals surface area contributed by atoms with Crippen LogP contribution < -0.4 is 3.53 Å². The van der Waals surface area contributed by atoms with Crippen LogP contribution in [-0.2, 0) is 4.79 Å². The standard InChI is InChI=1S/C4H6INOS/c5-6-4(3-7)1-2-8/h1,3,6,8H,2H2/b4-1-. The molecule has 0 aromatic rings. The lowest BCUT2D eigenvalue weighted by Crippen LogP contribution is -1.98. The summed E-state index contributed by atoms with van der Waals surface area (Å²) >= 11 is 5.78. The van der Waals surface area contributed by atoms with Crippen LogP contribution in [0.1, 0.15) is 0 Å². The molecule has 0 fully saturated rings. The number of nitrogens with one attached hydrogen (secondary N) is 1. The van der Waals surface area contributed by atoms with Crippen molar-refractivity contribution in [1.82, 2.24) is 3.53 Å². The smallest absolute Gasteiger partial charge is 0.166 e. The molecule has 2 nitrogen and oxygen atoms in total. The Labute approximate surface area is 67.6 Å². The molecule has 0 unspecified atom stereocenters. The second-order valence-corrected chi connectivity index (χ2v) is 1.96. The minimum Gasteiger partial charge on any atom is -0.326 e. The Morgan fingerprint density at radius 1 is 1.88 bits per heavy atom. The van der Waals surface area contributed by atoms with Crippen molar-refractivity contribution in [3.05, 3.63) is 11.8 Å². The molecule has 0 radical (unpaired) electrons. The largest absolute Gasteiger partial charge is 0.326 e. The lowest BCUT2D eigenvalue weighted by atomic mass is 10.5. The Morgan fingerprint density at radius 3 is 2.62 bits per heavy atom. The summed E-state index contributed by atoms with van der Waals surface area (Å²) in [5, 5.41) is 0. The van der Waals surface area contributed by atoms with E-state index in [1.165, 1.54) is 0 Å². The normalized spacial score (nSPS) is 11.0. The lowest BCUT2D eigenvalue weighted by Gasteiger charge is -1.89. The van der Waals surface area contributed by atoms with Gasteiger partial charge in [0.25, 0.3) is 0 Å². The van der Waals surface area contributed by atoms with Gasteiger partial charge in [-0.25, -0.2) is 0 Å². The maximum absolute atomic E-state index is 9.96. The van der Waals surface area contributed by atoms with Crippen LogP contribution in [0.15, 0.2) is 11.8 Å². The van der Waals surface area contributed by atoms with Crippen molar-refractivity contribution in [2.24, 2.45) is 0 Å². The van der Waals surface area contributed by atoms with Crippen molar-refractivity contribution in [2.45, 2.75) is 0 Å². The van der Waals surface area contributed by atoms with Crippen LogP contribution in [0.25, 0.3) is 0 Å². The molecule has 46 valence electrons. The third kappa shape index (κ3) is 3.31. The van der Waals surface area contributed by atoms with Crippen LogP contribution in [0.4, 0.5) is 0 Å². The number of hydrogen-bond acceptors (Lipinski definition) is 3. The summed E-state index contributed by atoms with van der Waals surface area (Å²) in [5.74, 6) is 0.587. The molecule has 0 atom stereocenters. The molecule has 0 aliphatic heterocycles. The second kappa shape index (κ2) is 5.43. The Hall–Kier alpha value is 0.290. The van der Waals surface area contributed by atoms with Crippen LogP contribution in [0.2, 0.25) is 0 Å². The van der Waals surface area contributed by atoms with E-state index in [-0.39, 0.29) is 0 Å². The van der Waals surface area contributed by atoms with E-state index in [1.807, 2.05) is 22.9 Å². The first-order valence-electron chi connectivity index (χ1n) is 1.98. The molecule has 0 bridgehead atoms. The zero-order valence-corrected chi connectivity index (χ0v) is 7.15. The molecule has 0 saturated carbocycles. The van der Waals surface area contributed by atoms with Crippen molar-refractivity contribution in [3.8, 4) is 0 Å². The highest BCUT2D eigenvalue weighted by molar-refractivity contribution is 14.1. The van der Waals surface area contributed by atoms with Gasteiger partial charge in [-0.2, -0.15) is 12.6 Å². The third-order valence-corrected chi connectivity index (χ3v) is 1.35. The number of carbonyl (C=O) groups excluding carboxylic acids is 1. The highest BCUT2D eigenvalue weighted by Crippen LogP contribution is 1.87. The highest BCUT2D eigenvalue weighted by Gasteiger charge is 1.84. The summed E-state index contributed by atoms with van der Waals surface area (Å²) < 4.78 is 2.67. The van der Waals surface area contributed by atoms with Gasteiger partial charge in [-0.1, -0.05) is 0 Å². The Balaban J connectivity index is 3.66. The molecular weight excluding hydrogens is 237 g/mol. The number of rotatable bonds is 3. The van der Waals surface area contributed by atoms with E-state index in [0.717, 1.165) is 6.29 Å². The number of thiol groups is 1. The molecule has 0 heterocycles. The quantitative estimate of drug-likeness (QED) is 0.254. The summed E-state index contributed by atoms with van der Waals surface area (Å²) in [4.78, 5) is 9.96. The summed E-state index contributed by atoms with van der Waals surface area (Å²) in [6.07, 6.45) is 2.45. The van der Waals surface area contributed by atoms with Crippen molar-refractivity contribution in [2.75, 3.05) is 5.75 Å².